The van der Waals surface area contributed by atoms with Gasteiger partial charge in [0.25, 0.3) is 0 Å². The van der Waals surface area contributed by atoms with Gasteiger partial charge in [0.05, 0.1) is 6.42 Å². The molecular formula is C16H17F2N3O3S. The van der Waals surface area contributed by atoms with Crippen molar-refractivity contribution < 1.29 is 22.0 Å². The number of sulfonamides is 1. The zero-order valence-electron chi connectivity index (χ0n) is 13.3. The van der Waals surface area contributed by atoms with Gasteiger partial charge in [-0.3, -0.25) is 4.79 Å². The van der Waals surface area contributed by atoms with Gasteiger partial charge in [0.15, 0.2) is 0 Å². The summed E-state index contributed by atoms with van der Waals surface area (Å²) in [5, 5.41) is 0. The normalized spacial score (nSPS) is 16.2. The summed E-state index contributed by atoms with van der Waals surface area (Å²) in [7, 11) is -4.14. The molecule has 6 nitrogen and oxygen atoms in total. The predicted octanol–water partition coefficient (Wildman–Crippen LogP) is 1.37. The first-order valence-electron chi connectivity index (χ1n) is 7.73. The van der Waals surface area contributed by atoms with Crippen molar-refractivity contribution >= 4 is 15.9 Å². The largest absolute Gasteiger partial charge is 0.365 e. The number of hydrogen-bond donors (Lipinski definition) is 1. The Morgan fingerprint density at radius 3 is 2.48 bits per heavy atom. The molecule has 0 bridgehead atoms. The SMILES string of the molecule is O=C(Cc1ccc[nH]1)N1CCN(S(=O)(=O)c2cc(F)ccc2F)CC1. The van der Waals surface area contributed by atoms with E-state index in [0.717, 1.165) is 22.1 Å². The average Bonchev–Trinajstić information content (AvgIpc) is 3.10. The Balaban J connectivity index is 1.67. The molecule has 134 valence electrons. The van der Waals surface area contributed by atoms with E-state index in [2.05, 4.69) is 4.98 Å². The maximum absolute atomic E-state index is 13.8. The monoisotopic (exact) mass is 369 g/mol. The molecule has 1 N–H and O–H groups in total. The Morgan fingerprint density at radius 2 is 1.84 bits per heavy atom. The van der Waals surface area contributed by atoms with Crippen LogP contribution in [-0.2, 0) is 21.2 Å². The lowest BCUT2D eigenvalue weighted by Gasteiger charge is -2.34. The fourth-order valence-corrected chi connectivity index (χ4v) is 4.24. The molecule has 1 aliphatic rings. The van der Waals surface area contributed by atoms with Crippen molar-refractivity contribution in [2.24, 2.45) is 0 Å². The summed E-state index contributed by atoms with van der Waals surface area (Å²) in [6, 6.07) is 5.92. The zero-order valence-corrected chi connectivity index (χ0v) is 14.1. The van der Waals surface area contributed by atoms with E-state index < -0.39 is 26.6 Å². The number of H-pyrrole nitrogens is 1. The van der Waals surface area contributed by atoms with Crippen LogP contribution in [0.2, 0.25) is 0 Å². The molecule has 25 heavy (non-hydrogen) atoms. The molecule has 2 aromatic rings. The lowest BCUT2D eigenvalue weighted by molar-refractivity contribution is -0.131. The molecule has 1 amide bonds. The maximum Gasteiger partial charge on any atom is 0.246 e. The van der Waals surface area contributed by atoms with E-state index in [1.807, 2.05) is 0 Å². The van der Waals surface area contributed by atoms with Gasteiger partial charge in [0.1, 0.15) is 16.5 Å². The van der Waals surface area contributed by atoms with Gasteiger partial charge in [-0.25, -0.2) is 17.2 Å². The van der Waals surface area contributed by atoms with Crippen molar-refractivity contribution in [3.63, 3.8) is 0 Å². The summed E-state index contributed by atoms with van der Waals surface area (Å²) in [4.78, 5) is 16.0. The molecule has 0 saturated carbocycles. The van der Waals surface area contributed by atoms with E-state index in [0.29, 0.717) is 6.07 Å². The maximum atomic E-state index is 13.8. The van der Waals surface area contributed by atoms with Crippen LogP contribution in [0.5, 0.6) is 0 Å². The molecule has 9 heteroatoms. The Bertz CT molecular complexity index is 861. The van der Waals surface area contributed by atoms with Crippen LogP contribution in [0.3, 0.4) is 0 Å². The third-order valence-electron chi connectivity index (χ3n) is 4.11. The zero-order chi connectivity index (χ0) is 18.0. The van der Waals surface area contributed by atoms with Gasteiger partial charge < -0.3 is 9.88 Å². The van der Waals surface area contributed by atoms with Crippen molar-refractivity contribution in [3.8, 4) is 0 Å². The van der Waals surface area contributed by atoms with Crippen molar-refractivity contribution in [3.05, 3.63) is 53.9 Å². The summed E-state index contributed by atoms with van der Waals surface area (Å²) in [5.74, 6) is -1.93. The molecule has 1 aromatic heterocycles. The number of carbonyl (C=O) groups excluding carboxylic acids is 1. The van der Waals surface area contributed by atoms with E-state index in [4.69, 9.17) is 0 Å². The number of nitrogens with one attached hydrogen (secondary N) is 1. The van der Waals surface area contributed by atoms with E-state index in [1.165, 1.54) is 0 Å². The number of halogens is 2. The molecule has 0 atom stereocenters. The Kier molecular flexibility index (Phi) is 4.87. The molecule has 1 saturated heterocycles. The van der Waals surface area contributed by atoms with Gasteiger partial charge >= 0.3 is 0 Å². The number of hydrogen-bond acceptors (Lipinski definition) is 3. The molecule has 0 unspecified atom stereocenters. The quantitative estimate of drug-likeness (QED) is 0.885. The Hall–Kier alpha value is -2.26. The van der Waals surface area contributed by atoms with Crippen molar-refractivity contribution in [1.29, 1.82) is 0 Å². The summed E-state index contributed by atoms with van der Waals surface area (Å²) in [6.45, 7) is 0.481. The number of amides is 1. The van der Waals surface area contributed by atoms with Crippen LogP contribution >= 0.6 is 0 Å². The highest BCUT2D eigenvalue weighted by molar-refractivity contribution is 7.89. The highest BCUT2D eigenvalue weighted by Crippen LogP contribution is 2.21. The second-order valence-corrected chi connectivity index (χ2v) is 7.64. The Morgan fingerprint density at radius 1 is 1.12 bits per heavy atom. The van der Waals surface area contributed by atoms with Gasteiger partial charge in [-0.1, -0.05) is 0 Å². The summed E-state index contributed by atoms with van der Waals surface area (Å²) < 4.78 is 53.2. The molecular weight excluding hydrogens is 352 g/mol. The van der Waals surface area contributed by atoms with Crippen LogP contribution in [-0.4, -0.2) is 54.7 Å². The third-order valence-corrected chi connectivity index (χ3v) is 6.02. The molecule has 2 heterocycles. The van der Waals surface area contributed by atoms with Crippen molar-refractivity contribution in [2.45, 2.75) is 11.3 Å². The summed E-state index contributed by atoms with van der Waals surface area (Å²) in [6.07, 6.45) is 1.93. The summed E-state index contributed by atoms with van der Waals surface area (Å²) in [5.41, 5.74) is 0.780. The van der Waals surface area contributed by atoms with E-state index in [-0.39, 0.29) is 38.5 Å². The van der Waals surface area contributed by atoms with Crippen LogP contribution in [0.15, 0.2) is 41.4 Å². The number of aromatic nitrogens is 1. The predicted molar refractivity (Wildman–Crippen MR) is 86.2 cm³/mol. The first-order valence-corrected chi connectivity index (χ1v) is 9.17. The second-order valence-electron chi connectivity index (χ2n) is 5.73. The first kappa shape index (κ1) is 17.6. The second kappa shape index (κ2) is 6.93. The van der Waals surface area contributed by atoms with E-state index in [9.17, 15) is 22.0 Å². The van der Waals surface area contributed by atoms with Crippen LogP contribution in [0, 0.1) is 11.6 Å². The topological polar surface area (TPSA) is 73.5 Å². The van der Waals surface area contributed by atoms with Gasteiger partial charge in [0.2, 0.25) is 15.9 Å². The fraction of sp³-hybridized carbons (Fsp3) is 0.312. The minimum absolute atomic E-state index is 0.0365. The van der Waals surface area contributed by atoms with Crippen LogP contribution < -0.4 is 0 Å². The molecule has 3 rings (SSSR count). The molecule has 1 aliphatic heterocycles. The smallest absolute Gasteiger partial charge is 0.246 e. The number of carbonyl (C=O) groups is 1. The van der Waals surface area contributed by atoms with Gasteiger partial charge in [0, 0.05) is 38.1 Å². The number of nitrogens with zero attached hydrogens (tertiary/aromatic N) is 2. The van der Waals surface area contributed by atoms with Crippen LogP contribution in [0.25, 0.3) is 0 Å². The van der Waals surface area contributed by atoms with E-state index >= 15 is 0 Å². The summed E-state index contributed by atoms with van der Waals surface area (Å²) >= 11 is 0. The number of benzene rings is 1. The lowest BCUT2D eigenvalue weighted by Crippen LogP contribution is -2.51. The number of rotatable bonds is 4. The molecule has 1 aromatic carbocycles. The highest BCUT2D eigenvalue weighted by Gasteiger charge is 2.32. The van der Waals surface area contributed by atoms with Crippen molar-refractivity contribution in [1.82, 2.24) is 14.2 Å². The van der Waals surface area contributed by atoms with Gasteiger partial charge in [-0.2, -0.15) is 4.31 Å². The van der Waals surface area contributed by atoms with E-state index in [1.54, 1.807) is 23.2 Å². The molecule has 0 spiro atoms. The minimum atomic E-state index is -4.14. The Labute approximate surface area is 144 Å². The van der Waals surface area contributed by atoms with Gasteiger partial charge in [-0.05, 0) is 30.3 Å². The number of piperazine rings is 1. The van der Waals surface area contributed by atoms with Crippen molar-refractivity contribution in [2.75, 3.05) is 26.2 Å². The molecule has 1 fully saturated rings. The minimum Gasteiger partial charge on any atom is -0.365 e. The first-order chi connectivity index (χ1) is 11.9. The standard InChI is InChI=1S/C16H17F2N3O3S/c17-12-3-4-14(18)15(10-12)25(23,24)21-8-6-20(7-9-21)16(22)11-13-2-1-5-19-13/h1-5,10,19H,6-9,11H2. The lowest BCUT2D eigenvalue weighted by atomic mass is 10.2. The molecule has 0 aliphatic carbocycles. The van der Waals surface area contributed by atoms with Crippen LogP contribution in [0.4, 0.5) is 8.78 Å². The molecule has 0 radical (unpaired) electrons. The number of aromatic amines is 1. The average molecular weight is 369 g/mol. The van der Waals surface area contributed by atoms with Gasteiger partial charge in [-0.15, -0.1) is 0 Å². The fourth-order valence-electron chi connectivity index (χ4n) is 2.74. The highest BCUT2D eigenvalue weighted by atomic mass is 32.2. The third kappa shape index (κ3) is 3.72. The van der Waals surface area contributed by atoms with Crippen LogP contribution in [0.1, 0.15) is 5.69 Å².